The highest BCUT2D eigenvalue weighted by molar-refractivity contribution is 5.94. The first-order chi connectivity index (χ1) is 9.36. The van der Waals surface area contributed by atoms with Crippen LogP contribution in [-0.2, 0) is 4.79 Å². The summed E-state index contributed by atoms with van der Waals surface area (Å²) in [5.74, 6) is -1.24. The Hall–Kier alpha value is -2.24. The number of nitrogens with one attached hydrogen (secondary N) is 1. The van der Waals surface area contributed by atoms with Gasteiger partial charge in [0, 0.05) is 18.3 Å². The third kappa shape index (κ3) is 3.88. The van der Waals surface area contributed by atoms with E-state index in [-0.39, 0.29) is 11.7 Å². The third-order valence-corrected chi connectivity index (χ3v) is 2.91. The molecule has 2 amide bonds. The summed E-state index contributed by atoms with van der Waals surface area (Å²) in [5, 5.41) is 21.0. The van der Waals surface area contributed by atoms with Crippen molar-refractivity contribution < 1.29 is 19.8 Å². The maximum atomic E-state index is 12.2. The van der Waals surface area contributed by atoms with Gasteiger partial charge in [0.1, 0.15) is 11.8 Å². The molecule has 110 valence electrons. The molecule has 0 spiro atoms. The number of phenolic OH excluding ortho intramolecular Hbond substituents is 1. The number of hydrogen-bond acceptors (Lipinski definition) is 3. The summed E-state index contributed by atoms with van der Waals surface area (Å²) < 4.78 is 0. The van der Waals surface area contributed by atoms with Gasteiger partial charge < -0.3 is 15.5 Å². The molecule has 1 aromatic carbocycles. The average Bonchev–Trinajstić information content (AvgIpc) is 2.36. The Bertz CT molecular complexity index is 488. The van der Waals surface area contributed by atoms with E-state index in [2.05, 4.69) is 5.32 Å². The van der Waals surface area contributed by atoms with Crippen LogP contribution >= 0.6 is 0 Å². The van der Waals surface area contributed by atoms with Crippen LogP contribution in [0.25, 0.3) is 0 Å². The summed E-state index contributed by atoms with van der Waals surface area (Å²) in [7, 11) is 0. The SMILES string of the molecule is CCN(C(=O)NC(C(=O)O)C(C)C)c1cccc(O)c1. The third-order valence-electron chi connectivity index (χ3n) is 2.91. The zero-order valence-electron chi connectivity index (χ0n) is 11.8. The normalized spacial score (nSPS) is 12.0. The highest BCUT2D eigenvalue weighted by atomic mass is 16.4. The number of carbonyl (C=O) groups is 2. The molecule has 1 atom stereocenters. The Kier molecular flexibility index (Phi) is 5.37. The summed E-state index contributed by atoms with van der Waals surface area (Å²) in [5.41, 5.74) is 0.512. The lowest BCUT2D eigenvalue weighted by molar-refractivity contribution is -0.140. The topological polar surface area (TPSA) is 89.9 Å². The fourth-order valence-electron chi connectivity index (χ4n) is 1.83. The smallest absolute Gasteiger partial charge is 0.326 e. The number of benzene rings is 1. The molecule has 0 aliphatic rings. The van der Waals surface area contributed by atoms with Crippen LogP contribution in [0.1, 0.15) is 20.8 Å². The van der Waals surface area contributed by atoms with Gasteiger partial charge in [0.2, 0.25) is 0 Å². The van der Waals surface area contributed by atoms with E-state index in [1.54, 1.807) is 32.9 Å². The summed E-state index contributed by atoms with van der Waals surface area (Å²) in [4.78, 5) is 24.7. The van der Waals surface area contributed by atoms with Gasteiger partial charge in [0.05, 0.1) is 0 Å². The van der Waals surface area contributed by atoms with Crippen molar-refractivity contribution >= 4 is 17.7 Å². The van der Waals surface area contributed by atoms with Gasteiger partial charge >= 0.3 is 12.0 Å². The summed E-state index contributed by atoms with van der Waals surface area (Å²) >= 11 is 0. The highest BCUT2D eigenvalue weighted by Gasteiger charge is 2.26. The summed E-state index contributed by atoms with van der Waals surface area (Å²) in [6, 6.07) is 4.80. The molecule has 1 unspecified atom stereocenters. The van der Waals surface area contributed by atoms with E-state index >= 15 is 0 Å². The molecular weight excluding hydrogens is 260 g/mol. The van der Waals surface area contributed by atoms with Crippen LogP contribution in [-0.4, -0.2) is 34.8 Å². The van der Waals surface area contributed by atoms with Crippen LogP contribution in [0.5, 0.6) is 5.75 Å². The number of urea groups is 1. The van der Waals surface area contributed by atoms with Crippen molar-refractivity contribution in [3.05, 3.63) is 24.3 Å². The molecule has 0 saturated carbocycles. The molecule has 0 aliphatic carbocycles. The van der Waals surface area contributed by atoms with Gasteiger partial charge in [-0.3, -0.25) is 4.90 Å². The van der Waals surface area contributed by atoms with Crippen LogP contribution in [0.15, 0.2) is 24.3 Å². The minimum Gasteiger partial charge on any atom is -0.508 e. The second-order valence-electron chi connectivity index (χ2n) is 4.77. The lowest BCUT2D eigenvalue weighted by atomic mass is 10.1. The molecule has 0 aliphatic heterocycles. The average molecular weight is 280 g/mol. The summed E-state index contributed by atoms with van der Waals surface area (Å²) in [6.07, 6.45) is 0. The van der Waals surface area contributed by atoms with E-state index in [0.29, 0.717) is 12.2 Å². The van der Waals surface area contributed by atoms with Gasteiger partial charge in [-0.25, -0.2) is 9.59 Å². The van der Waals surface area contributed by atoms with Crippen LogP contribution < -0.4 is 10.2 Å². The molecular formula is C14H20N2O4. The van der Waals surface area contributed by atoms with E-state index in [1.807, 2.05) is 0 Å². The Morgan fingerprint density at radius 1 is 1.35 bits per heavy atom. The molecule has 0 aromatic heterocycles. The lowest BCUT2D eigenvalue weighted by Crippen LogP contribution is -2.50. The van der Waals surface area contributed by atoms with Crippen molar-refractivity contribution in [2.75, 3.05) is 11.4 Å². The van der Waals surface area contributed by atoms with Crippen molar-refractivity contribution in [3.63, 3.8) is 0 Å². The van der Waals surface area contributed by atoms with E-state index in [1.165, 1.54) is 17.0 Å². The minimum atomic E-state index is -1.07. The number of aromatic hydroxyl groups is 1. The van der Waals surface area contributed by atoms with Gasteiger partial charge in [-0.2, -0.15) is 0 Å². The number of hydrogen-bond donors (Lipinski definition) is 3. The number of rotatable bonds is 5. The largest absolute Gasteiger partial charge is 0.508 e. The van der Waals surface area contributed by atoms with Crippen molar-refractivity contribution in [1.82, 2.24) is 5.32 Å². The molecule has 20 heavy (non-hydrogen) atoms. The Morgan fingerprint density at radius 3 is 2.45 bits per heavy atom. The molecule has 1 aromatic rings. The molecule has 6 nitrogen and oxygen atoms in total. The highest BCUT2D eigenvalue weighted by Crippen LogP contribution is 2.20. The number of amides is 2. The predicted molar refractivity (Wildman–Crippen MR) is 75.9 cm³/mol. The molecule has 0 fully saturated rings. The van der Waals surface area contributed by atoms with E-state index in [4.69, 9.17) is 5.11 Å². The van der Waals surface area contributed by atoms with E-state index in [9.17, 15) is 14.7 Å². The summed E-state index contributed by atoms with van der Waals surface area (Å²) in [6.45, 7) is 5.59. The first-order valence-corrected chi connectivity index (χ1v) is 6.46. The van der Waals surface area contributed by atoms with E-state index in [0.717, 1.165) is 0 Å². The Morgan fingerprint density at radius 2 is 2.00 bits per heavy atom. The van der Waals surface area contributed by atoms with Crippen LogP contribution in [0.2, 0.25) is 0 Å². The van der Waals surface area contributed by atoms with Crippen LogP contribution in [0.3, 0.4) is 0 Å². The Labute approximate surface area is 118 Å². The Balaban J connectivity index is 2.90. The van der Waals surface area contributed by atoms with Crippen molar-refractivity contribution in [2.45, 2.75) is 26.8 Å². The first kappa shape index (κ1) is 15.8. The molecule has 3 N–H and O–H groups in total. The number of carboxylic acid groups (broad SMARTS) is 1. The molecule has 0 heterocycles. The first-order valence-electron chi connectivity index (χ1n) is 6.46. The second kappa shape index (κ2) is 6.79. The van der Waals surface area contributed by atoms with Crippen LogP contribution in [0.4, 0.5) is 10.5 Å². The van der Waals surface area contributed by atoms with Crippen molar-refractivity contribution in [2.24, 2.45) is 5.92 Å². The zero-order valence-corrected chi connectivity index (χ0v) is 11.8. The van der Waals surface area contributed by atoms with Gasteiger partial charge in [-0.15, -0.1) is 0 Å². The minimum absolute atomic E-state index is 0.0485. The monoisotopic (exact) mass is 280 g/mol. The molecule has 1 rings (SSSR count). The molecule has 0 saturated heterocycles. The number of aliphatic carboxylic acids is 1. The van der Waals surface area contributed by atoms with E-state index < -0.39 is 18.0 Å². The van der Waals surface area contributed by atoms with Crippen LogP contribution in [0, 0.1) is 5.92 Å². The quantitative estimate of drug-likeness (QED) is 0.770. The maximum absolute atomic E-state index is 12.2. The predicted octanol–water partition coefficient (Wildman–Crippen LogP) is 2.04. The van der Waals surface area contributed by atoms with Gasteiger partial charge in [-0.1, -0.05) is 19.9 Å². The number of anilines is 1. The fourth-order valence-corrected chi connectivity index (χ4v) is 1.83. The lowest BCUT2D eigenvalue weighted by Gasteiger charge is -2.25. The molecule has 6 heteroatoms. The second-order valence-corrected chi connectivity index (χ2v) is 4.77. The van der Waals surface area contributed by atoms with Gasteiger partial charge in [-0.05, 0) is 25.0 Å². The van der Waals surface area contributed by atoms with Crippen molar-refractivity contribution in [3.8, 4) is 5.75 Å². The number of carboxylic acids is 1. The molecule has 0 radical (unpaired) electrons. The van der Waals surface area contributed by atoms with Gasteiger partial charge in [0.25, 0.3) is 0 Å². The number of carbonyl (C=O) groups excluding carboxylic acids is 1. The number of phenols is 1. The fraction of sp³-hybridized carbons (Fsp3) is 0.429. The molecule has 0 bridgehead atoms. The number of nitrogens with zero attached hydrogens (tertiary/aromatic N) is 1. The standard InChI is InChI=1S/C14H20N2O4/c1-4-16(10-6-5-7-11(17)8-10)14(20)15-12(9(2)3)13(18)19/h5-9,12,17H,4H2,1-3H3,(H,15,20)(H,18,19). The van der Waals surface area contributed by atoms with Gasteiger partial charge in [0.15, 0.2) is 0 Å². The maximum Gasteiger partial charge on any atom is 0.326 e. The van der Waals surface area contributed by atoms with Crippen molar-refractivity contribution in [1.29, 1.82) is 0 Å². The zero-order chi connectivity index (χ0) is 15.3.